The molecule has 0 bridgehead atoms. The van der Waals surface area contributed by atoms with E-state index in [2.05, 4.69) is 25.6 Å². The highest BCUT2D eigenvalue weighted by atomic mass is 16.5. The Balaban J connectivity index is 1.40. The number of aromatic amines is 1. The Labute approximate surface area is 176 Å². The molecular weight excluding hydrogens is 404 g/mol. The summed E-state index contributed by atoms with van der Waals surface area (Å²) in [5, 5.41) is 12.5. The number of methoxy groups -OCH3 is 1. The minimum atomic E-state index is -0.648. The molecule has 10 nitrogen and oxygen atoms in total. The second kappa shape index (κ2) is 10.0. The lowest BCUT2D eigenvalue weighted by Gasteiger charge is -2.08. The van der Waals surface area contributed by atoms with Crippen molar-refractivity contribution in [1.82, 2.24) is 15.5 Å². The van der Waals surface area contributed by atoms with Crippen LogP contribution in [0.4, 0.5) is 5.69 Å². The van der Waals surface area contributed by atoms with Crippen LogP contribution in [0.2, 0.25) is 0 Å². The Morgan fingerprint density at radius 1 is 1.06 bits per heavy atom. The molecule has 2 aromatic carbocycles. The van der Waals surface area contributed by atoms with Crippen molar-refractivity contribution in [2.24, 2.45) is 0 Å². The quantitative estimate of drug-likeness (QED) is 0.467. The van der Waals surface area contributed by atoms with Crippen LogP contribution in [-0.4, -0.2) is 54.2 Å². The monoisotopic (exact) mass is 424 g/mol. The lowest BCUT2D eigenvalue weighted by Crippen LogP contribution is -2.28. The van der Waals surface area contributed by atoms with Gasteiger partial charge in [-0.25, -0.2) is 4.79 Å². The number of fused-ring (bicyclic) bond motifs is 1. The lowest BCUT2D eigenvalue weighted by atomic mass is 10.2. The van der Waals surface area contributed by atoms with E-state index in [1.807, 2.05) is 6.07 Å². The molecule has 2 amide bonds. The van der Waals surface area contributed by atoms with Crippen molar-refractivity contribution in [1.29, 1.82) is 0 Å². The molecule has 0 fully saturated rings. The Bertz CT molecular complexity index is 1120. The Morgan fingerprint density at radius 2 is 1.87 bits per heavy atom. The number of para-hydroxylation sites is 1. The molecule has 3 rings (SSSR count). The number of ether oxygens (including phenoxy) is 2. The molecule has 0 atom stereocenters. The zero-order valence-electron chi connectivity index (χ0n) is 16.6. The summed E-state index contributed by atoms with van der Waals surface area (Å²) in [6, 6.07) is 13.3. The summed E-state index contributed by atoms with van der Waals surface area (Å²) in [5.41, 5.74) is 1.60. The fourth-order valence-corrected chi connectivity index (χ4v) is 2.76. The van der Waals surface area contributed by atoms with Gasteiger partial charge in [0, 0.05) is 17.6 Å². The number of carbonyl (C=O) groups is 4. The lowest BCUT2D eigenvalue weighted by molar-refractivity contribution is -0.147. The largest absolute Gasteiger partial charge is 0.465 e. The van der Waals surface area contributed by atoms with E-state index in [4.69, 9.17) is 4.74 Å². The second-order valence-corrected chi connectivity index (χ2v) is 6.40. The number of carbonyl (C=O) groups excluding carboxylic acids is 4. The predicted octanol–water partition coefficient (Wildman–Crippen LogP) is 1.65. The van der Waals surface area contributed by atoms with E-state index in [0.717, 1.165) is 5.52 Å². The molecule has 0 unspecified atom stereocenters. The van der Waals surface area contributed by atoms with Gasteiger partial charge in [-0.2, -0.15) is 5.10 Å². The highest BCUT2D eigenvalue weighted by Gasteiger charge is 2.14. The van der Waals surface area contributed by atoms with Crippen molar-refractivity contribution < 1.29 is 28.7 Å². The van der Waals surface area contributed by atoms with Gasteiger partial charge in [0.2, 0.25) is 0 Å². The van der Waals surface area contributed by atoms with Crippen molar-refractivity contribution in [2.75, 3.05) is 25.6 Å². The van der Waals surface area contributed by atoms with E-state index in [9.17, 15) is 19.2 Å². The number of aromatic nitrogens is 2. The zero-order valence-corrected chi connectivity index (χ0v) is 16.6. The van der Waals surface area contributed by atoms with Crippen LogP contribution in [0.5, 0.6) is 0 Å². The third-order valence-electron chi connectivity index (χ3n) is 4.23. The maximum atomic E-state index is 12.2. The van der Waals surface area contributed by atoms with Crippen LogP contribution in [-0.2, 0) is 19.1 Å². The first-order valence-corrected chi connectivity index (χ1v) is 9.33. The molecular formula is C21H20N4O6. The van der Waals surface area contributed by atoms with Gasteiger partial charge in [0.15, 0.2) is 12.3 Å². The van der Waals surface area contributed by atoms with Crippen LogP contribution in [0.15, 0.2) is 48.5 Å². The minimum absolute atomic E-state index is 0.0294. The van der Waals surface area contributed by atoms with E-state index in [1.54, 1.807) is 36.4 Å². The number of anilines is 1. The smallest absolute Gasteiger partial charge is 0.337 e. The fourth-order valence-electron chi connectivity index (χ4n) is 2.76. The van der Waals surface area contributed by atoms with E-state index in [-0.39, 0.29) is 24.2 Å². The normalized spacial score (nSPS) is 10.4. The van der Waals surface area contributed by atoms with Gasteiger partial charge in [0.25, 0.3) is 11.8 Å². The number of rotatable bonds is 8. The summed E-state index contributed by atoms with van der Waals surface area (Å²) < 4.78 is 9.52. The Hall–Kier alpha value is -4.21. The van der Waals surface area contributed by atoms with Crippen molar-refractivity contribution in [3.63, 3.8) is 0 Å². The summed E-state index contributed by atoms with van der Waals surface area (Å²) in [4.78, 5) is 47.5. The molecule has 0 aliphatic heterocycles. The van der Waals surface area contributed by atoms with Gasteiger partial charge in [0.05, 0.1) is 24.6 Å². The van der Waals surface area contributed by atoms with Crippen LogP contribution in [0, 0.1) is 0 Å². The molecule has 3 aromatic rings. The summed E-state index contributed by atoms with van der Waals surface area (Å²) in [6.45, 7) is -0.471. The van der Waals surface area contributed by atoms with Gasteiger partial charge >= 0.3 is 11.9 Å². The standard InChI is InChI=1S/C21H20N4O6/c1-30-21(29)13-5-4-6-14(11-13)23-17(26)12-31-18(27)9-10-22-20(28)19-15-7-2-3-8-16(15)24-25-19/h2-8,11H,9-10,12H2,1H3,(H,22,28)(H,23,26)(H,24,25). The third-order valence-corrected chi connectivity index (χ3v) is 4.23. The van der Waals surface area contributed by atoms with E-state index in [0.29, 0.717) is 11.1 Å². The highest BCUT2D eigenvalue weighted by molar-refractivity contribution is 6.04. The van der Waals surface area contributed by atoms with Crippen molar-refractivity contribution >= 4 is 40.3 Å². The maximum absolute atomic E-state index is 12.2. The topological polar surface area (TPSA) is 139 Å². The first-order valence-electron chi connectivity index (χ1n) is 9.33. The summed E-state index contributed by atoms with van der Waals surface area (Å²) in [5.74, 6) is -2.17. The van der Waals surface area contributed by atoms with Crippen molar-refractivity contribution in [3.05, 3.63) is 59.8 Å². The molecule has 0 aliphatic carbocycles. The van der Waals surface area contributed by atoms with Crippen LogP contribution in [0.3, 0.4) is 0 Å². The summed E-state index contributed by atoms with van der Waals surface area (Å²) in [7, 11) is 1.26. The molecule has 1 aromatic heterocycles. The van der Waals surface area contributed by atoms with Crippen LogP contribution in [0.25, 0.3) is 10.9 Å². The number of nitrogens with one attached hydrogen (secondary N) is 3. The molecule has 0 saturated carbocycles. The Morgan fingerprint density at radius 3 is 2.68 bits per heavy atom. The van der Waals surface area contributed by atoms with Crippen molar-refractivity contribution in [2.45, 2.75) is 6.42 Å². The molecule has 3 N–H and O–H groups in total. The first kappa shape index (κ1) is 21.5. The first-order chi connectivity index (χ1) is 15.0. The average molecular weight is 424 g/mol. The third kappa shape index (κ3) is 5.66. The van der Waals surface area contributed by atoms with E-state index >= 15 is 0 Å². The summed E-state index contributed by atoms with van der Waals surface area (Å²) >= 11 is 0. The number of esters is 2. The number of nitrogens with zero attached hydrogens (tertiary/aromatic N) is 1. The molecule has 0 saturated heterocycles. The van der Waals surface area contributed by atoms with Gasteiger partial charge in [-0.15, -0.1) is 0 Å². The molecule has 10 heteroatoms. The SMILES string of the molecule is COC(=O)c1cccc(NC(=O)COC(=O)CCNC(=O)c2n[nH]c3ccccc23)c1. The van der Waals surface area contributed by atoms with Crippen LogP contribution < -0.4 is 10.6 Å². The predicted molar refractivity (Wildman–Crippen MR) is 110 cm³/mol. The molecule has 1 heterocycles. The fraction of sp³-hybridized carbons (Fsp3) is 0.190. The second-order valence-electron chi connectivity index (χ2n) is 6.40. The van der Waals surface area contributed by atoms with Gasteiger partial charge in [-0.05, 0) is 24.3 Å². The van der Waals surface area contributed by atoms with Gasteiger partial charge in [0.1, 0.15) is 0 Å². The molecule has 160 valence electrons. The molecule has 31 heavy (non-hydrogen) atoms. The molecule has 0 spiro atoms. The molecule has 0 aliphatic rings. The number of amides is 2. The average Bonchev–Trinajstić information content (AvgIpc) is 3.21. The minimum Gasteiger partial charge on any atom is -0.465 e. The van der Waals surface area contributed by atoms with Gasteiger partial charge in [-0.3, -0.25) is 19.5 Å². The molecule has 0 radical (unpaired) electrons. The van der Waals surface area contributed by atoms with E-state index < -0.39 is 30.4 Å². The van der Waals surface area contributed by atoms with Gasteiger partial charge in [-0.1, -0.05) is 24.3 Å². The maximum Gasteiger partial charge on any atom is 0.337 e. The summed E-state index contributed by atoms with van der Waals surface area (Å²) in [6.07, 6.45) is -0.112. The number of hydrogen-bond acceptors (Lipinski definition) is 7. The van der Waals surface area contributed by atoms with E-state index in [1.165, 1.54) is 13.2 Å². The number of hydrogen-bond donors (Lipinski definition) is 3. The van der Waals surface area contributed by atoms with Gasteiger partial charge < -0.3 is 20.1 Å². The van der Waals surface area contributed by atoms with Crippen molar-refractivity contribution in [3.8, 4) is 0 Å². The number of H-pyrrole nitrogens is 1. The number of benzene rings is 2. The van der Waals surface area contributed by atoms with Crippen LogP contribution >= 0.6 is 0 Å². The van der Waals surface area contributed by atoms with Crippen LogP contribution in [0.1, 0.15) is 27.3 Å². The highest BCUT2D eigenvalue weighted by Crippen LogP contribution is 2.14. The Kier molecular flexibility index (Phi) is 6.94. The zero-order chi connectivity index (χ0) is 22.2.